The predicted molar refractivity (Wildman–Crippen MR) is 90.8 cm³/mol. The molecule has 0 heterocycles. The van der Waals surface area contributed by atoms with E-state index < -0.39 is 6.61 Å². The number of amides is 1. The van der Waals surface area contributed by atoms with Crippen LogP contribution in [0.15, 0.2) is 48.5 Å². The summed E-state index contributed by atoms with van der Waals surface area (Å²) in [5.74, 6) is -0.0473. The maximum Gasteiger partial charge on any atom is 0.387 e. The Balaban J connectivity index is 1.71. The molecule has 2 aromatic carbocycles. The molecule has 1 unspecified atom stereocenters. The number of carbonyl (C=O) groups is 1. The number of hydrogen-bond acceptors (Lipinski definition) is 3. The molecular formula is C19H20F3NO3. The van der Waals surface area contributed by atoms with E-state index in [4.69, 9.17) is 4.74 Å². The normalized spacial score (nSPS) is 11.9. The third kappa shape index (κ3) is 6.66. The van der Waals surface area contributed by atoms with Crippen LogP contribution in [0.2, 0.25) is 0 Å². The van der Waals surface area contributed by atoms with E-state index in [0.29, 0.717) is 18.8 Å². The van der Waals surface area contributed by atoms with Crippen LogP contribution in [0.3, 0.4) is 0 Å². The summed E-state index contributed by atoms with van der Waals surface area (Å²) in [5.41, 5.74) is 0.774. The third-order valence-electron chi connectivity index (χ3n) is 3.60. The molecule has 0 saturated heterocycles. The van der Waals surface area contributed by atoms with Crippen LogP contribution in [0.5, 0.6) is 11.5 Å². The number of nitrogens with one attached hydrogen (secondary N) is 1. The van der Waals surface area contributed by atoms with E-state index in [1.807, 2.05) is 0 Å². The number of hydrogen-bond donors (Lipinski definition) is 1. The zero-order valence-corrected chi connectivity index (χ0v) is 14.3. The predicted octanol–water partition coefficient (Wildman–Crippen LogP) is 4.46. The minimum Gasteiger partial charge on any atom is -0.493 e. The van der Waals surface area contributed by atoms with Crippen molar-refractivity contribution in [1.29, 1.82) is 0 Å². The van der Waals surface area contributed by atoms with Crippen molar-refractivity contribution in [2.75, 3.05) is 6.61 Å². The van der Waals surface area contributed by atoms with Crippen molar-refractivity contribution in [3.05, 3.63) is 59.9 Å². The monoisotopic (exact) mass is 367 g/mol. The standard InChI is InChI=1S/C19H20F3NO3/c1-13(14-7-9-16(10-8-14)26-19(21)22)23-18(24)6-3-11-25-17-5-2-4-15(20)12-17/h2,4-5,7-10,12-13,19H,3,6,11H2,1H3,(H,23,24). The molecule has 1 N–H and O–H groups in total. The zero-order chi connectivity index (χ0) is 18.9. The highest BCUT2D eigenvalue weighted by molar-refractivity contribution is 5.76. The summed E-state index contributed by atoms with van der Waals surface area (Å²) in [6, 6.07) is 11.6. The van der Waals surface area contributed by atoms with Crippen molar-refractivity contribution in [1.82, 2.24) is 5.32 Å². The van der Waals surface area contributed by atoms with Gasteiger partial charge in [-0.1, -0.05) is 18.2 Å². The Morgan fingerprint density at radius 3 is 2.50 bits per heavy atom. The Morgan fingerprint density at radius 1 is 1.12 bits per heavy atom. The highest BCUT2D eigenvalue weighted by atomic mass is 19.3. The lowest BCUT2D eigenvalue weighted by Crippen LogP contribution is -2.26. The quantitative estimate of drug-likeness (QED) is 0.666. The maximum absolute atomic E-state index is 13.0. The second-order valence-corrected chi connectivity index (χ2v) is 5.65. The van der Waals surface area contributed by atoms with Crippen molar-refractivity contribution in [3.63, 3.8) is 0 Å². The molecule has 7 heteroatoms. The van der Waals surface area contributed by atoms with Gasteiger partial charge in [0.1, 0.15) is 17.3 Å². The minimum atomic E-state index is -2.87. The molecular weight excluding hydrogens is 347 g/mol. The van der Waals surface area contributed by atoms with Crippen molar-refractivity contribution in [2.45, 2.75) is 32.4 Å². The van der Waals surface area contributed by atoms with Gasteiger partial charge in [0.05, 0.1) is 12.6 Å². The number of carbonyl (C=O) groups excluding carboxylic acids is 1. The van der Waals surface area contributed by atoms with E-state index >= 15 is 0 Å². The van der Waals surface area contributed by atoms with Crippen LogP contribution < -0.4 is 14.8 Å². The topological polar surface area (TPSA) is 47.6 Å². The molecule has 0 saturated carbocycles. The lowest BCUT2D eigenvalue weighted by Gasteiger charge is -2.15. The molecule has 4 nitrogen and oxygen atoms in total. The molecule has 0 aliphatic heterocycles. The SMILES string of the molecule is CC(NC(=O)CCCOc1cccc(F)c1)c1ccc(OC(F)F)cc1. The molecule has 2 rings (SSSR count). The molecule has 0 bridgehead atoms. The van der Waals surface area contributed by atoms with Gasteiger partial charge in [0.15, 0.2) is 0 Å². The largest absolute Gasteiger partial charge is 0.493 e. The Kier molecular flexibility index (Phi) is 7.32. The van der Waals surface area contributed by atoms with Crippen molar-refractivity contribution in [2.24, 2.45) is 0 Å². The molecule has 0 aliphatic carbocycles. The van der Waals surface area contributed by atoms with E-state index in [2.05, 4.69) is 10.1 Å². The molecule has 0 spiro atoms. The number of rotatable bonds is 9. The number of benzene rings is 2. The van der Waals surface area contributed by atoms with Crippen LogP contribution in [0.1, 0.15) is 31.4 Å². The van der Waals surface area contributed by atoms with Gasteiger partial charge in [0.25, 0.3) is 0 Å². The van der Waals surface area contributed by atoms with E-state index in [9.17, 15) is 18.0 Å². The fourth-order valence-corrected chi connectivity index (χ4v) is 2.31. The van der Waals surface area contributed by atoms with E-state index in [0.717, 1.165) is 5.56 Å². The van der Waals surface area contributed by atoms with Crippen LogP contribution in [0, 0.1) is 5.82 Å². The van der Waals surface area contributed by atoms with Crippen LogP contribution in [-0.4, -0.2) is 19.1 Å². The van der Waals surface area contributed by atoms with Crippen molar-refractivity contribution < 1.29 is 27.4 Å². The van der Waals surface area contributed by atoms with E-state index in [1.165, 1.54) is 24.3 Å². The lowest BCUT2D eigenvalue weighted by atomic mass is 10.1. The summed E-state index contributed by atoms with van der Waals surface area (Å²) >= 11 is 0. The molecule has 2 aromatic rings. The first-order chi connectivity index (χ1) is 12.4. The Hall–Kier alpha value is -2.70. The fourth-order valence-electron chi connectivity index (χ4n) is 2.31. The summed E-state index contributed by atoms with van der Waals surface area (Å²) in [5, 5.41) is 2.82. The van der Waals surface area contributed by atoms with Gasteiger partial charge in [0.2, 0.25) is 5.91 Å². The summed E-state index contributed by atoms with van der Waals surface area (Å²) in [7, 11) is 0. The number of ether oxygens (including phenoxy) is 2. The third-order valence-corrected chi connectivity index (χ3v) is 3.60. The van der Waals surface area contributed by atoms with Crippen molar-refractivity contribution in [3.8, 4) is 11.5 Å². The Bertz CT molecular complexity index is 707. The van der Waals surface area contributed by atoms with E-state index in [-0.39, 0.29) is 29.9 Å². The van der Waals surface area contributed by atoms with Gasteiger partial charge in [-0.15, -0.1) is 0 Å². The highest BCUT2D eigenvalue weighted by Gasteiger charge is 2.11. The Morgan fingerprint density at radius 2 is 1.85 bits per heavy atom. The molecule has 0 aliphatic rings. The van der Waals surface area contributed by atoms with Crippen molar-refractivity contribution >= 4 is 5.91 Å². The van der Waals surface area contributed by atoms with Crippen LogP contribution in [0.4, 0.5) is 13.2 Å². The molecule has 0 aromatic heterocycles. The van der Waals surface area contributed by atoms with Gasteiger partial charge in [0, 0.05) is 12.5 Å². The number of halogens is 3. The van der Waals surface area contributed by atoms with Gasteiger partial charge in [-0.2, -0.15) is 8.78 Å². The van der Waals surface area contributed by atoms with Crippen LogP contribution >= 0.6 is 0 Å². The summed E-state index contributed by atoms with van der Waals surface area (Å²) in [4.78, 5) is 12.0. The molecule has 1 atom stereocenters. The average molecular weight is 367 g/mol. The zero-order valence-electron chi connectivity index (χ0n) is 14.3. The summed E-state index contributed by atoms with van der Waals surface area (Å²) in [6.07, 6.45) is 0.739. The fraction of sp³-hybridized carbons (Fsp3) is 0.316. The average Bonchev–Trinajstić information content (AvgIpc) is 2.59. The molecule has 140 valence electrons. The maximum atomic E-state index is 13.0. The molecule has 26 heavy (non-hydrogen) atoms. The van der Waals surface area contributed by atoms with Crippen LogP contribution in [-0.2, 0) is 4.79 Å². The van der Waals surface area contributed by atoms with Gasteiger partial charge >= 0.3 is 6.61 Å². The van der Waals surface area contributed by atoms with E-state index in [1.54, 1.807) is 31.2 Å². The first-order valence-corrected chi connectivity index (χ1v) is 8.16. The highest BCUT2D eigenvalue weighted by Crippen LogP contribution is 2.19. The molecule has 0 fully saturated rings. The van der Waals surface area contributed by atoms with Gasteiger partial charge < -0.3 is 14.8 Å². The lowest BCUT2D eigenvalue weighted by molar-refractivity contribution is -0.121. The second kappa shape index (κ2) is 9.70. The molecule has 1 amide bonds. The van der Waals surface area contributed by atoms with Gasteiger partial charge in [-0.25, -0.2) is 4.39 Å². The summed E-state index contributed by atoms with van der Waals surface area (Å²) < 4.78 is 46.9. The van der Waals surface area contributed by atoms with Gasteiger partial charge in [-0.3, -0.25) is 4.79 Å². The number of alkyl halides is 2. The summed E-state index contributed by atoms with van der Waals surface area (Å²) in [6.45, 7) is -0.776. The molecule has 0 radical (unpaired) electrons. The smallest absolute Gasteiger partial charge is 0.387 e. The minimum absolute atomic E-state index is 0.0665. The van der Waals surface area contributed by atoms with Crippen LogP contribution in [0.25, 0.3) is 0 Å². The Labute approximate surface area is 149 Å². The first kappa shape index (κ1) is 19.6. The second-order valence-electron chi connectivity index (χ2n) is 5.65. The first-order valence-electron chi connectivity index (χ1n) is 8.16. The van der Waals surface area contributed by atoms with Gasteiger partial charge in [-0.05, 0) is 43.2 Å².